The first-order chi connectivity index (χ1) is 14.3. The van der Waals surface area contributed by atoms with Crippen molar-refractivity contribution in [2.75, 3.05) is 18.6 Å². The molecule has 1 heterocycles. The SMILES string of the molecule is C#CCOc1cc(Br)c(/C=C2\C(=O)NC(=O)N(c3ccc(Br)cc3)C2=O)cc1OC. The third-order valence-corrected chi connectivity index (χ3v) is 5.30. The molecule has 0 aromatic heterocycles. The average Bonchev–Trinajstić information content (AvgIpc) is 2.71. The van der Waals surface area contributed by atoms with E-state index in [1.54, 1.807) is 36.4 Å². The number of carbonyl (C=O) groups is 3. The Morgan fingerprint density at radius 3 is 2.47 bits per heavy atom. The van der Waals surface area contributed by atoms with Gasteiger partial charge in [-0.25, -0.2) is 9.69 Å². The summed E-state index contributed by atoms with van der Waals surface area (Å²) in [5, 5.41) is 2.18. The number of imide groups is 2. The molecule has 2 aromatic carbocycles. The van der Waals surface area contributed by atoms with Gasteiger partial charge in [-0.2, -0.15) is 0 Å². The van der Waals surface area contributed by atoms with E-state index in [1.165, 1.54) is 13.2 Å². The lowest BCUT2D eigenvalue weighted by molar-refractivity contribution is -0.122. The largest absolute Gasteiger partial charge is 0.493 e. The number of amides is 4. The Morgan fingerprint density at radius 2 is 1.83 bits per heavy atom. The van der Waals surface area contributed by atoms with Crippen LogP contribution < -0.4 is 19.7 Å². The molecule has 0 saturated carbocycles. The fraction of sp³-hybridized carbons (Fsp3) is 0.0952. The first-order valence-corrected chi connectivity index (χ1v) is 10.0. The van der Waals surface area contributed by atoms with Gasteiger partial charge < -0.3 is 9.47 Å². The van der Waals surface area contributed by atoms with Crippen molar-refractivity contribution < 1.29 is 23.9 Å². The summed E-state index contributed by atoms with van der Waals surface area (Å²) in [5.41, 5.74) is 0.592. The van der Waals surface area contributed by atoms with Gasteiger partial charge in [-0.3, -0.25) is 14.9 Å². The number of methoxy groups -OCH3 is 1. The molecular weight excluding hydrogens is 520 g/mol. The third kappa shape index (κ3) is 4.40. The zero-order valence-corrected chi connectivity index (χ0v) is 18.7. The molecule has 0 atom stereocenters. The van der Waals surface area contributed by atoms with E-state index in [4.69, 9.17) is 15.9 Å². The lowest BCUT2D eigenvalue weighted by Gasteiger charge is -2.26. The zero-order valence-electron chi connectivity index (χ0n) is 15.6. The second-order valence-electron chi connectivity index (χ2n) is 5.95. The van der Waals surface area contributed by atoms with Crippen molar-refractivity contribution in [1.82, 2.24) is 5.32 Å². The third-order valence-electron chi connectivity index (χ3n) is 4.08. The van der Waals surface area contributed by atoms with Gasteiger partial charge in [-0.05, 0) is 48.0 Å². The van der Waals surface area contributed by atoms with Crippen molar-refractivity contribution in [3.8, 4) is 23.8 Å². The molecule has 1 fully saturated rings. The number of carbonyl (C=O) groups excluding carboxylic acids is 3. The maximum absolute atomic E-state index is 13.0. The molecule has 0 radical (unpaired) electrons. The van der Waals surface area contributed by atoms with E-state index in [-0.39, 0.29) is 12.2 Å². The molecular formula is C21H14Br2N2O5. The second-order valence-corrected chi connectivity index (χ2v) is 7.72. The Bertz CT molecular complexity index is 1100. The number of anilines is 1. The van der Waals surface area contributed by atoms with Crippen LogP contribution in [0.4, 0.5) is 10.5 Å². The van der Waals surface area contributed by atoms with Gasteiger partial charge in [0.1, 0.15) is 12.2 Å². The summed E-state index contributed by atoms with van der Waals surface area (Å²) in [6, 6.07) is 8.93. The monoisotopic (exact) mass is 532 g/mol. The van der Waals surface area contributed by atoms with Gasteiger partial charge in [0.2, 0.25) is 0 Å². The van der Waals surface area contributed by atoms with E-state index in [0.29, 0.717) is 27.2 Å². The van der Waals surface area contributed by atoms with Gasteiger partial charge in [0, 0.05) is 8.95 Å². The van der Waals surface area contributed by atoms with Gasteiger partial charge >= 0.3 is 6.03 Å². The van der Waals surface area contributed by atoms with E-state index in [0.717, 1.165) is 9.37 Å². The number of nitrogens with zero attached hydrogens (tertiary/aromatic N) is 1. The van der Waals surface area contributed by atoms with Crippen LogP contribution >= 0.6 is 31.9 Å². The summed E-state index contributed by atoms with van der Waals surface area (Å²) in [6.45, 7) is 0.0500. The van der Waals surface area contributed by atoms with Crippen LogP contribution in [-0.2, 0) is 9.59 Å². The fourth-order valence-corrected chi connectivity index (χ4v) is 3.39. The number of ether oxygens (including phenoxy) is 2. The Labute approximate surface area is 189 Å². The van der Waals surface area contributed by atoms with Gasteiger partial charge in [-0.15, -0.1) is 6.42 Å². The van der Waals surface area contributed by atoms with Crippen molar-refractivity contribution in [3.05, 3.63) is 56.5 Å². The highest BCUT2D eigenvalue weighted by atomic mass is 79.9. The fourth-order valence-electron chi connectivity index (χ4n) is 2.69. The molecule has 0 spiro atoms. The molecule has 2 aromatic rings. The predicted octanol–water partition coefficient (Wildman–Crippen LogP) is 3.90. The number of barbiturate groups is 1. The van der Waals surface area contributed by atoms with Crippen molar-refractivity contribution in [2.45, 2.75) is 0 Å². The van der Waals surface area contributed by atoms with Gasteiger partial charge in [0.15, 0.2) is 11.5 Å². The van der Waals surface area contributed by atoms with Gasteiger partial charge in [0.25, 0.3) is 11.8 Å². The highest BCUT2D eigenvalue weighted by Crippen LogP contribution is 2.35. The minimum Gasteiger partial charge on any atom is -0.493 e. The second kappa shape index (κ2) is 9.15. The first-order valence-electron chi connectivity index (χ1n) is 8.46. The number of urea groups is 1. The van der Waals surface area contributed by atoms with E-state index < -0.39 is 17.8 Å². The molecule has 0 unspecified atom stereocenters. The standard InChI is InChI=1S/C21H14Br2N2O5/c1-3-8-30-18-11-16(23)12(10-17(18)29-2)9-15-19(26)24-21(28)25(20(15)27)14-6-4-13(22)5-7-14/h1,4-7,9-11H,8H2,2H3,(H,24,26,28)/b15-9+. The molecule has 0 bridgehead atoms. The summed E-state index contributed by atoms with van der Waals surface area (Å²) in [6.07, 6.45) is 6.59. The Kier molecular flexibility index (Phi) is 6.59. The molecule has 30 heavy (non-hydrogen) atoms. The van der Waals surface area contributed by atoms with Crippen LogP contribution in [0.25, 0.3) is 6.08 Å². The molecule has 1 aliphatic heterocycles. The minimum atomic E-state index is -0.820. The van der Waals surface area contributed by atoms with E-state index in [9.17, 15) is 14.4 Å². The highest BCUT2D eigenvalue weighted by molar-refractivity contribution is 9.10. The molecule has 1 N–H and O–H groups in total. The summed E-state index contributed by atoms with van der Waals surface area (Å²) in [7, 11) is 1.45. The summed E-state index contributed by atoms with van der Waals surface area (Å²) >= 11 is 6.69. The van der Waals surface area contributed by atoms with Gasteiger partial charge in [-0.1, -0.05) is 37.8 Å². The van der Waals surface area contributed by atoms with Crippen molar-refractivity contribution in [1.29, 1.82) is 0 Å². The zero-order chi connectivity index (χ0) is 21.8. The maximum Gasteiger partial charge on any atom is 0.335 e. The molecule has 7 nitrogen and oxygen atoms in total. The number of hydrogen-bond acceptors (Lipinski definition) is 5. The number of hydrogen-bond donors (Lipinski definition) is 1. The molecule has 0 aliphatic carbocycles. The smallest absolute Gasteiger partial charge is 0.335 e. The molecule has 1 saturated heterocycles. The summed E-state index contributed by atoms with van der Waals surface area (Å²) in [4.78, 5) is 38.5. The van der Waals surface area contributed by atoms with Crippen LogP contribution in [0.5, 0.6) is 11.5 Å². The normalized spacial score (nSPS) is 15.1. The van der Waals surface area contributed by atoms with Crippen LogP contribution in [0.3, 0.4) is 0 Å². The van der Waals surface area contributed by atoms with Crippen molar-refractivity contribution in [3.63, 3.8) is 0 Å². The van der Waals surface area contributed by atoms with Crippen LogP contribution in [0.15, 0.2) is 50.9 Å². The number of rotatable bonds is 5. The Morgan fingerprint density at radius 1 is 1.13 bits per heavy atom. The minimum absolute atomic E-state index is 0.0500. The topological polar surface area (TPSA) is 84.9 Å². The summed E-state index contributed by atoms with van der Waals surface area (Å²) < 4.78 is 12.1. The highest BCUT2D eigenvalue weighted by Gasteiger charge is 2.37. The lowest BCUT2D eigenvalue weighted by atomic mass is 10.1. The number of nitrogens with one attached hydrogen (secondary N) is 1. The average molecular weight is 534 g/mol. The quantitative estimate of drug-likeness (QED) is 0.358. The van der Waals surface area contributed by atoms with E-state index in [1.807, 2.05) is 0 Å². The maximum atomic E-state index is 13.0. The molecule has 3 rings (SSSR count). The predicted molar refractivity (Wildman–Crippen MR) is 118 cm³/mol. The number of benzene rings is 2. The van der Waals surface area contributed by atoms with Crippen LogP contribution in [-0.4, -0.2) is 31.6 Å². The van der Waals surface area contributed by atoms with E-state index >= 15 is 0 Å². The molecule has 9 heteroatoms. The number of terminal acetylenes is 1. The van der Waals surface area contributed by atoms with Crippen molar-refractivity contribution >= 4 is 61.5 Å². The van der Waals surface area contributed by atoms with Crippen LogP contribution in [0.2, 0.25) is 0 Å². The molecule has 1 aliphatic rings. The molecule has 4 amide bonds. The lowest BCUT2D eigenvalue weighted by Crippen LogP contribution is -2.54. The Balaban J connectivity index is 2.02. The van der Waals surface area contributed by atoms with Crippen molar-refractivity contribution in [2.24, 2.45) is 0 Å². The number of halogens is 2. The van der Waals surface area contributed by atoms with Crippen LogP contribution in [0.1, 0.15) is 5.56 Å². The summed E-state index contributed by atoms with van der Waals surface area (Å²) in [5.74, 6) is 1.59. The van der Waals surface area contributed by atoms with Gasteiger partial charge in [0.05, 0.1) is 12.8 Å². The van der Waals surface area contributed by atoms with E-state index in [2.05, 4.69) is 43.1 Å². The first kappa shape index (κ1) is 21.6. The molecule has 152 valence electrons. The Hall–Kier alpha value is -3.09. The van der Waals surface area contributed by atoms with Crippen LogP contribution in [0, 0.1) is 12.3 Å².